The predicted octanol–water partition coefficient (Wildman–Crippen LogP) is 0.407. The second kappa shape index (κ2) is 4.79. The molecule has 1 aromatic carbocycles. The monoisotopic (exact) mass is 273 g/mol. The molecule has 1 aliphatic heterocycles. The van der Waals surface area contributed by atoms with Crippen molar-refractivity contribution in [2.24, 2.45) is 5.73 Å². The second-order valence-electron chi connectivity index (χ2n) is 5.42. The number of piperazine rings is 1. The first-order chi connectivity index (χ1) is 9.58. The number of benzene rings is 1. The summed E-state index contributed by atoms with van der Waals surface area (Å²) in [6, 6.07) is 5.87. The van der Waals surface area contributed by atoms with Gasteiger partial charge in [-0.2, -0.15) is 9.89 Å². The van der Waals surface area contributed by atoms with E-state index in [1.807, 2.05) is 16.9 Å². The summed E-state index contributed by atoms with van der Waals surface area (Å²) in [6.07, 6.45) is 1.78. The molecule has 0 saturated carbocycles. The van der Waals surface area contributed by atoms with E-state index >= 15 is 0 Å². The van der Waals surface area contributed by atoms with Crippen LogP contribution in [0.1, 0.15) is 17.3 Å². The summed E-state index contributed by atoms with van der Waals surface area (Å²) in [5.41, 5.74) is 6.81. The van der Waals surface area contributed by atoms with E-state index < -0.39 is 5.91 Å². The van der Waals surface area contributed by atoms with Crippen molar-refractivity contribution in [3.05, 3.63) is 30.0 Å². The zero-order valence-corrected chi connectivity index (χ0v) is 11.8. The first kappa shape index (κ1) is 12.9. The van der Waals surface area contributed by atoms with Crippen LogP contribution in [0.25, 0.3) is 10.9 Å². The molecule has 0 spiro atoms. The molecule has 0 aliphatic carbocycles. The van der Waals surface area contributed by atoms with E-state index in [9.17, 15) is 4.79 Å². The molecular formula is C14H19N5O. The Bertz CT molecular complexity index is 650. The first-order valence-electron chi connectivity index (χ1n) is 6.80. The minimum absolute atomic E-state index is 0.331. The minimum atomic E-state index is -0.417. The van der Waals surface area contributed by atoms with Crippen molar-refractivity contribution in [1.29, 1.82) is 0 Å². The van der Waals surface area contributed by atoms with Crippen LogP contribution in [0, 0.1) is 0 Å². The van der Waals surface area contributed by atoms with Gasteiger partial charge in [-0.3, -0.25) is 9.80 Å². The van der Waals surface area contributed by atoms with Crippen LogP contribution in [0.2, 0.25) is 0 Å². The van der Waals surface area contributed by atoms with Gasteiger partial charge in [-0.05, 0) is 20.0 Å². The molecule has 3 rings (SSSR count). The number of hydrogen-bond donors (Lipinski definition) is 1. The molecule has 2 N–H and O–H groups in total. The number of carbonyl (C=O) groups excluding carboxylic acids is 1. The van der Waals surface area contributed by atoms with Crippen molar-refractivity contribution in [2.75, 3.05) is 31.7 Å². The van der Waals surface area contributed by atoms with Crippen LogP contribution in [-0.2, 0) is 0 Å². The second-order valence-corrected chi connectivity index (χ2v) is 5.42. The van der Waals surface area contributed by atoms with Crippen LogP contribution in [0.3, 0.4) is 0 Å². The largest absolute Gasteiger partial charge is 0.366 e. The van der Waals surface area contributed by atoms with E-state index in [4.69, 9.17) is 5.73 Å². The van der Waals surface area contributed by atoms with Gasteiger partial charge in [0.05, 0.1) is 17.8 Å². The van der Waals surface area contributed by atoms with Crippen molar-refractivity contribution in [2.45, 2.75) is 13.0 Å². The molecule has 6 nitrogen and oxygen atoms in total. The Kier molecular flexibility index (Phi) is 3.10. The molecule has 1 aliphatic rings. The zero-order valence-electron chi connectivity index (χ0n) is 11.8. The average Bonchev–Trinajstić information content (AvgIpc) is 2.82. The van der Waals surface area contributed by atoms with Crippen LogP contribution >= 0.6 is 0 Å². The van der Waals surface area contributed by atoms with Gasteiger partial charge >= 0.3 is 0 Å². The van der Waals surface area contributed by atoms with E-state index in [1.165, 1.54) is 0 Å². The molecule has 0 bridgehead atoms. The fourth-order valence-corrected chi connectivity index (χ4v) is 2.87. The molecule has 1 atom stereocenters. The van der Waals surface area contributed by atoms with Crippen molar-refractivity contribution in [3.8, 4) is 0 Å². The lowest BCUT2D eigenvalue weighted by Crippen LogP contribution is -2.55. The van der Waals surface area contributed by atoms with Gasteiger partial charge in [0.15, 0.2) is 0 Å². The van der Waals surface area contributed by atoms with E-state index in [0.717, 1.165) is 30.5 Å². The third kappa shape index (κ3) is 2.02. The predicted molar refractivity (Wildman–Crippen MR) is 78.3 cm³/mol. The Morgan fingerprint density at radius 2 is 2.20 bits per heavy atom. The number of para-hydroxylation sites is 1. The van der Waals surface area contributed by atoms with Crippen LogP contribution in [0.5, 0.6) is 0 Å². The Hall–Kier alpha value is -2.08. The number of nitrogens with zero attached hydrogens (tertiary/aromatic N) is 4. The third-order valence-electron chi connectivity index (χ3n) is 3.88. The lowest BCUT2D eigenvalue weighted by molar-refractivity contribution is 0.100. The van der Waals surface area contributed by atoms with Gasteiger partial charge < -0.3 is 10.6 Å². The smallest absolute Gasteiger partial charge is 0.250 e. The fourth-order valence-electron chi connectivity index (χ4n) is 2.87. The fraction of sp³-hybridized carbons (Fsp3) is 0.429. The number of rotatable bonds is 2. The van der Waals surface area contributed by atoms with Gasteiger partial charge in [-0.1, -0.05) is 12.1 Å². The summed E-state index contributed by atoms with van der Waals surface area (Å²) in [5.74, 6) is -0.417. The average molecular weight is 273 g/mol. The maximum atomic E-state index is 11.6. The van der Waals surface area contributed by atoms with Gasteiger partial charge in [-0.25, -0.2) is 0 Å². The highest BCUT2D eigenvalue weighted by Gasteiger charge is 2.24. The maximum Gasteiger partial charge on any atom is 0.250 e. The molecule has 0 radical (unpaired) electrons. The SMILES string of the molecule is CC1CN(C)CCN1n1ncc2cccc(C(N)=O)c21. The number of amides is 1. The molecule has 1 amide bonds. The highest BCUT2D eigenvalue weighted by atomic mass is 16.1. The first-order valence-corrected chi connectivity index (χ1v) is 6.80. The van der Waals surface area contributed by atoms with Crippen molar-refractivity contribution in [3.63, 3.8) is 0 Å². The topological polar surface area (TPSA) is 67.4 Å². The number of likely N-dealkylation sites (N-methyl/N-ethyl adjacent to an activating group) is 1. The van der Waals surface area contributed by atoms with Gasteiger partial charge in [0, 0.05) is 25.0 Å². The van der Waals surface area contributed by atoms with Gasteiger partial charge in [-0.15, -0.1) is 0 Å². The Morgan fingerprint density at radius 3 is 2.90 bits per heavy atom. The summed E-state index contributed by atoms with van der Waals surface area (Å²) in [6.45, 7) is 4.99. The molecular weight excluding hydrogens is 254 g/mol. The molecule has 106 valence electrons. The van der Waals surface area contributed by atoms with Gasteiger partial charge in [0.2, 0.25) is 0 Å². The lowest BCUT2D eigenvalue weighted by atomic mass is 10.1. The lowest BCUT2D eigenvalue weighted by Gasteiger charge is -2.39. The highest BCUT2D eigenvalue weighted by Crippen LogP contribution is 2.20. The van der Waals surface area contributed by atoms with Crippen LogP contribution in [0.4, 0.5) is 0 Å². The standard InChI is InChI=1S/C14H19N5O/c1-10-9-17(2)6-7-18(10)19-13-11(8-16-19)4-3-5-12(13)14(15)20/h3-5,8,10H,6-7,9H2,1-2H3,(H2,15,20). The Morgan fingerprint density at radius 1 is 1.40 bits per heavy atom. The number of nitrogens with two attached hydrogens (primary N) is 1. The molecule has 20 heavy (non-hydrogen) atoms. The van der Waals surface area contributed by atoms with Crippen molar-refractivity contribution >= 4 is 16.8 Å². The molecule has 1 saturated heterocycles. The zero-order chi connectivity index (χ0) is 14.3. The van der Waals surface area contributed by atoms with Crippen LogP contribution < -0.4 is 10.7 Å². The van der Waals surface area contributed by atoms with Crippen LogP contribution in [0.15, 0.2) is 24.4 Å². The van der Waals surface area contributed by atoms with E-state index in [1.54, 1.807) is 12.3 Å². The summed E-state index contributed by atoms with van der Waals surface area (Å²) < 4.78 is 0. The minimum Gasteiger partial charge on any atom is -0.366 e. The number of primary amides is 1. The molecule has 2 heterocycles. The maximum absolute atomic E-state index is 11.6. The van der Waals surface area contributed by atoms with Crippen LogP contribution in [-0.4, -0.2) is 53.4 Å². The normalized spacial score (nSPS) is 20.5. The quantitative estimate of drug-likeness (QED) is 0.860. The molecule has 1 fully saturated rings. The Labute approximate surface area is 117 Å². The van der Waals surface area contributed by atoms with E-state index in [2.05, 4.69) is 29.0 Å². The van der Waals surface area contributed by atoms with Crippen molar-refractivity contribution < 1.29 is 4.79 Å². The molecule has 1 unspecified atom stereocenters. The highest BCUT2D eigenvalue weighted by molar-refractivity contribution is 6.04. The summed E-state index contributed by atoms with van der Waals surface area (Å²) in [5, 5.41) is 7.58. The number of aromatic nitrogens is 2. The van der Waals surface area contributed by atoms with Gasteiger partial charge in [0.25, 0.3) is 5.91 Å². The number of carbonyl (C=O) groups is 1. The van der Waals surface area contributed by atoms with Gasteiger partial charge in [0.1, 0.15) is 5.52 Å². The third-order valence-corrected chi connectivity index (χ3v) is 3.88. The molecule has 1 aromatic heterocycles. The summed E-state index contributed by atoms with van der Waals surface area (Å²) in [4.78, 5) is 15.8. The van der Waals surface area contributed by atoms with E-state index in [-0.39, 0.29) is 0 Å². The molecule has 2 aromatic rings. The Balaban J connectivity index is 2.10. The van der Waals surface area contributed by atoms with Crippen molar-refractivity contribution in [1.82, 2.24) is 14.8 Å². The number of hydrogen-bond acceptors (Lipinski definition) is 4. The summed E-state index contributed by atoms with van der Waals surface area (Å²) in [7, 11) is 2.11. The number of fused-ring (bicyclic) bond motifs is 1. The summed E-state index contributed by atoms with van der Waals surface area (Å²) >= 11 is 0. The molecule has 6 heteroatoms. The van der Waals surface area contributed by atoms with E-state index in [0.29, 0.717) is 11.6 Å².